The minimum atomic E-state index is -0.573. The first kappa shape index (κ1) is 25.4. The number of ether oxygens (including phenoxy) is 3. The second-order valence-corrected chi connectivity index (χ2v) is 9.03. The zero-order chi connectivity index (χ0) is 24.7. The lowest BCUT2D eigenvalue weighted by atomic mass is 9.96. The lowest BCUT2D eigenvalue weighted by Crippen LogP contribution is -2.43. The predicted octanol–water partition coefficient (Wildman–Crippen LogP) is 4.26. The van der Waals surface area contributed by atoms with Gasteiger partial charge in [-0.05, 0) is 67.5 Å². The number of amides is 2. The number of carbonyl (C=O) groups is 2. The smallest absolute Gasteiger partial charge is 0.260 e. The van der Waals surface area contributed by atoms with Gasteiger partial charge in [0.05, 0.1) is 14.2 Å². The van der Waals surface area contributed by atoms with Gasteiger partial charge in [-0.3, -0.25) is 9.59 Å². The summed E-state index contributed by atoms with van der Waals surface area (Å²) in [6, 6.07) is 13.1. The second kappa shape index (κ2) is 11.8. The number of nitrogens with zero attached hydrogens (tertiary/aromatic N) is 1. The molecule has 1 heterocycles. The normalized spacial score (nSPS) is 15.1. The number of methoxy groups -OCH3 is 2. The fraction of sp³-hybridized carbons (Fsp3) is 0.481. The van der Waals surface area contributed by atoms with Gasteiger partial charge in [0.25, 0.3) is 11.8 Å². The maximum Gasteiger partial charge on any atom is 0.260 e. The van der Waals surface area contributed by atoms with E-state index >= 15 is 0 Å². The first-order chi connectivity index (χ1) is 16.3. The molecule has 2 aromatic rings. The molecule has 1 aliphatic rings. The van der Waals surface area contributed by atoms with E-state index < -0.39 is 6.10 Å². The quantitative estimate of drug-likeness (QED) is 0.595. The molecule has 0 saturated carbocycles. The van der Waals surface area contributed by atoms with Crippen molar-refractivity contribution in [2.75, 3.05) is 33.9 Å². The molecule has 1 unspecified atom stereocenters. The number of likely N-dealkylation sites (tertiary alicyclic amines) is 1. The molecule has 0 spiro atoms. The summed E-state index contributed by atoms with van der Waals surface area (Å²) in [6.45, 7) is 7.93. The molecule has 1 saturated heterocycles. The maximum atomic E-state index is 12.9. The van der Waals surface area contributed by atoms with Gasteiger partial charge in [0.2, 0.25) is 0 Å². The third kappa shape index (κ3) is 6.43. The zero-order valence-corrected chi connectivity index (χ0v) is 20.8. The van der Waals surface area contributed by atoms with Crippen molar-refractivity contribution in [2.45, 2.75) is 45.6 Å². The Morgan fingerprint density at radius 1 is 0.971 bits per heavy atom. The highest BCUT2D eigenvalue weighted by Crippen LogP contribution is 2.29. The highest BCUT2D eigenvalue weighted by molar-refractivity contribution is 5.95. The van der Waals surface area contributed by atoms with Gasteiger partial charge < -0.3 is 24.4 Å². The van der Waals surface area contributed by atoms with Crippen LogP contribution in [0, 0.1) is 5.92 Å². The molecule has 2 aromatic carbocycles. The van der Waals surface area contributed by atoms with E-state index in [0.29, 0.717) is 54.3 Å². The zero-order valence-electron chi connectivity index (χ0n) is 20.8. The second-order valence-electron chi connectivity index (χ2n) is 9.03. The summed E-state index contributed by atoms with van der Waals surface area (Å²) < 4.78 is 16.4. The molecular weight excluding hydrogens is 432 g/mol. The van der Waals surface area contributed by atoms with E-state index in [1.165, 1.54) is 5.56 Å². The Balaban J connectivity index is 1.44. The molecule has 7 heteroatoms. The number of benzene rings is 2. The van der Waals surface area contributed by atoms with Crippen molar-refractivity contribution in [2.24, 2.45) is 5.92 Å². The summed E-state index contributed by atoms with van der Waals surface area (Å²) in [6.07, 6.45) is 1.10. The molecule has 1 N–H and O–H groups in total. The van der Waals surface area contributed by atoms with Gasteiger partial charge >= 0.3 is 0 Å². The van der Waals surface area contributed by atoms with E-state index in [9.17, 15) is 9.59 Å². The number of rotatable bonds is 9. The standard InChI is InChI=1S/C27H36N2O5/c1-18(2)21-6-9-23(10-7-21)34-19(3)26(30)28-17-20-12-14-29(15-13-20)27(31)22-8-11-24(32-4)25(16-22)33-5/h6-11,16,18-20H,12-15,17H2,1-5H3,(H,28,30). The van der Waals surface area contributed by atoms with Crippen molar-refractivity contribution in [3.63, 3.8) is 0 Å². The van der Waals surface area contributed by atoms with Crippen LogP contribution in [0.2, 0.25) is 0 Å². The van der Waals surface area contributed by atoms with Gasteiger partial charge in [-0.15, -0.1) is 0 Å². The molecule has 1 atom stereocenters. The average Bonchev–Trinajstić information content (AvgIpc) is 2.86. The van der Waals surface area contributed by atoms with Crippen LogP contribution in [0.5, 0.6) is 17.2 Å². The summed E-state index contributed by atoms with van der Waals surface area (Å²) in [5.41, 5.74) is 1.82. The van der Waals surface area contributed by atoms with Crippen LogP contribution >= 0.6 is 0 Å². The Bertz CT molecular complexity index is 965. The highest BCUT2D eigenvalue weighted by atomic mass is 16.5. The molecule has 2 amide bonds. The van der Waals surface area contributed by atoms with Crippen molar-refractivity contribution in [1.82, 2.24) is 10.2 Å². The van der Waals surface area contributed by atoms with E-state index in [2.05, 4.69) is 19.2 Å². The Hall–Kier alpha value is -3.22. The number of hydrogen-bond donors (Lipinski definition) is 1. The summed E-state index contributed by atoms with van der Waals surface area (Å²) in [5.74, 6) is 2.46. The van der Waals surface area contributed by atoms with Crippen molar-refractivity contribution >= 4 is 11.8 Å². The van der Waals surface area contributed by atoms with E-state index in [-0.39, 0.29) is 11.8 Å². The van der Waals surface area contributed by atoms with Crippen LogP contribution in [0.25, 0.3) is 0 Å². The van der Waals surface area contributed by atoms with E-state index in [1.54, 1.807) is 39.3 Å². The summed E-state index contributed by atoms with van der Waals surface area (Å²) in [5, 5.41) is 3.01. The maximum absolute atomic E-state index is 12.9. The molecule has 0 aliphatic carbocycles. The Morgan fingerprint density at radius 3 is 2.21 bits per heavy atom. The lowest BCUT2D eigenvalue weighted by Gasteiger charge is -2.32. The van der Waals surface area contributed by atoms with E-state index in [4.69, 9.17) is 14.2 Å². The van der Waals surface area contributed by atoms with Crippen LogP contribution in [-0.4, -0.2) is 56.7 Å². The third-order valence-corrected chi connectivity index (χ3v) is 6.33. The molecular formula is C27H36N2O5. The molecule has 1 aliphatic heterocycles. The first-order valence-electron chi connectivity index (χ1n) is 11.9. The minimum Gasteiger partial charge on any atom is -0.493 e. The van der Waals surface area contributed by atoms with Gasteiger partial charge in [-0.2, -0.15) is 0 Å². The van der Waals surface area contributed by atoms with Crippen molar-refractivity contribution in [3.8, 4) is 17.2 Å². The van der Waals surface area contributed by atoms with Crippen LogP contribution in [0.15, 0.2) is 42.5 Å². The molecule has 7 nitrogen and oxygen atoms in total. The molecule has 0 radical (unpaired) electrons. The Kier molecular flexibility index (Phi) is 8.79. The molecule has 34 heavy (non-hydrogen) atoms. The van der Waals surface area contributed by atoms with Gasteiger partial charge in [0, 0.05) is 25.2 Å². The van der Waals surface area contributed by atoms with Crippen molar-refractivity contribution in [3.05, 3.63) is 53.6 Å². The Morgan fingerprint density at radius 2 is 1.62 bits per heavy atom. The largest absolute Gasteiger partial charge is 0.493 e. The fourth-order valence-electron chi connectivity index (χ4n) is 4.07. The Labute approximate surface area is 202 Å². The van der Waals surface area contributed by atoms with E-state index in [1.807, 2.05) is 29.2 Å². The average molecular weight is 469 g/mol. The summed E-state index contributed by atoms with van der Waals surface area (Å²) >= 11 is 0. The fourth-order valence-corrected chi connectivity index (χ4v) is 4.07. The van der Waals surface area contributed by atoms with Crippen molar-refractivity contribution in [1.29, 1.82) is 0 Å². The summed E-state index contributed by atoms with van der Waals surface area (Å²) in [7, 11) is 3.13. The number of nitrogens with one attached hydrogen (secondary N) is 1. The number of hydrogen-bond acceptors (Lipinski definition) is 5. The van der Waals surface area contributed by atoms with E-state index in [0.717, 1.165) is 12.8 Å². The molecule has 1 fully saturated rings. The van der Waals surface area contributed by atoms with Crippen LogP contribution in [-0.2, 0) is 4.79 Å². The predicted molar refractivity (Wildman–Crippen MR) is 132 cm³/mol. The topological polar surface area (TPSA) is 77.1 Å². The van der Waals surface area contributed by atoms with Gasteiger partial charge in [0.15, 0.2) is 17.6 Å². The number of carbonyl (C=O) groups excluding carboxylic acids is 2. The molecule has 0 bridgehead atoms. The number of piperidine rings is 1. The monoisotopic (exact) mass is 468 g/mol. The summed E-state index contributed by atoms with van der Waals surface area (Å²) in [4.78, 5) is 27.3. The van der Waals surface area contributed by atoms with Crippen LogP contribution in [0.4, 0.5) is 0 Å². The minimum absolute atomic E-state index is 0.0195. The molecule has 0 aromatic heterocycles. The molecule has 184 valence electrons. The highest BCUT2D eigenvalue weighted by Gasteiger charge is 2.25. The van der Waals surface area contributed by atoms with Crippen molar-refractivity contribution < 1.29 is 23.8 Å². The van der Waals surface area contributed by atoms with Gasteiger partial charge in [-0.1, -0.05) is 26.0 Å². The third-order valence-electron chi connectivity index (χ3n) is 6.33. The van der Waals surface area contributed by atoms with Gasteiger partial charge in [0.1, 0.15) is 5.75 Å². The van der Waals surface area contributed by atoms with Crippen LogP contribution in [0.1, 0.15) is 55.5 Å². The lowest BCUT2D eigenvalue weighted by molar-refractivity contribution is -0.127. The van der Waals surface area contributed by atoms with Gasteiger partial charge in [-0.25, -0.2) is 0 Å². The van der Waals surface area contributed by atoms with Crippen LogP contribution in [0.3, 0.4) is 0 Å². The van der Waals surface area contributed by atoms with Crippen LogP contribution < -0.4 is 19.5 Å². The first-order valence-corrected chi connectivity index (χ1v) is 11.9. The molecule has 3 rings (SSSR count). The SMILES string of the molecule is COc1ccc(C(=O)N2CCC(CNC(=O)C(C)Oc3ccc(C(C)C)cc3)CC2)cc1OC.